The Morgan fingerprint density at radius 3 is 2.25 bits per heavy atom. The summed E-state index contributed by atoms with van der Waals surface area (Å²) in [6, 6.07) is 7.98. The maximum Gasteiger partial charge on any atom is 0.243 e. The number of nitrogens with zero attached hydrogens (tertiary/aromatic N) is 1. The number of nitrogens with one attached hydrogen (secondary N) is 1. The molecular formula is C24H32N2O2. The maximum atomic E-state index is 13.7. The van der Waals surface area contributed by atoms with E-state index in [1.807, 2.05) is 4.90 Å². The number of likely N-dealkylation sites (tertiary alicyclic amines) is 1. The Balaban J connectivity index is 1.26. The van der Waals surface area contributed by atoms with Crippen molar-refractivity contribution in [3.63, 3.8) is 0 Å². The van der Waals surface area contributed by atoms with Gasteiger partial charge < -0.3 is 10.2 Å². The molecule has 1 aliphatic heterocycles. The molecule has 1 aromatic carbocycles. The van der Waals surface area contributed by atoms with Crippen LogP contribution in [-0.2, 0) is 16.1 Å². The van der Waals surface area contributed by atoms with Crippen LogP contribution in [0.25, 0.3) is 0 Å². The Kier molecular flexibility index (Phi) is 4.48. The molecule has 5 fully saturated rings. The molecule has 0 spiro atoms. The number of carbonyl (C=O) groups excluding carboxylic acids is 2. The van der Waals surface area contributed by atoms with E-state index < -0.39 is 0 Å². The number of amides is 2. The molecule has 5 aliphatic rings. The van der Waals surface area contributed by atoms with Gasteiger partial charge in [-0.3, -0.25) is 9.59 Å². The lowest BCUT2D eigenvalue weighted by Gasteiger charge is -2.56. The first-order chi connectivity index (χ1) is 13.5. The van der Waals surface area contributed by atoms with Crippen molar-refractivity contribution in [2.75, 3.05) is 6.54 Å². The van der Waals surface area contributed by atoms with Crippen LogP contribution in [0.3, 0.4) is 0 Å². The van der Waals surface area contributed by atoms with Gasteiger partial charge in [0, 0.05) is 13.1 Å². The summed E-state index contributed by atoms with van der Waals surface area (Å²) in [5.41, 5.74) is 2.18. The topological polar surface area (TPSA) is 49.4 Å². The molecule has 4 heteroatoms. The molecule has 150 valence electrons. The summed E-state index contributed by atoms with van der Waals surface area (Å²) < 4.78 is 0. The summed E-state index contributed by atoms with van der Waals surface area (Å²) in [4.78, 5) is 28.5. The quantitative estimate of drug-likeness (QED) is 0.863. The molecule has 4 aliphatic carbocycles. The van der Waals surface area contributed by atoms with Crippen LogP contribution in [0.1, 0.15) is 62.5 Å². The fourth-order valence-corrected chi connectivity index (χ4v) is 6.97. The van der Waals surface area contributed by atoms with E-state index in [1.54, 1.807) is 0 Å². The number of aryl methyl sites for hydroxylation is 1. The van der Waals surface area contributed by atoms with Crippen LogP contribution >= 0.6 is 0 Å². The van der Waals surface area contributed by atoms with Crippen LogP contribution in [-0.4, -0.2) is 29.3 Å². The van der Waals surface area contributed by atoms with Gasteiger partial charge in [0.15, 0.2) is 0 Å². The zero-order valence-electron chi connectivity index (χ0n) is 17.0. The second-order valence-corrected chi connectivity index (χ2v) is 10.1. The standard InChI is InChI=1S/C24H32N2O2/c1-16-4-6-17(7-5-16)15-25-22(27)21-3-2-8-26(21)23(28)24-12-18-9-19(13-24)11-20(10-18)14-24/h4-7,18-21H,2-3,8-15H2,1H3,(H,25,27)/t18?,19?,20?,21-,24?/m1/s1. The largest absolute Gasteiger partial charge is 0.350 e. The number of hydrogen-bond donors (Lipinski definition) is 1. The molecule has 4 saturated carbocycles. The second kappa shape index (κ2) is 6.89. The smallest absolute Gasteiger partial charge is 0.243 e. The van der Waals surface area contributed by atoms with E-state index in [2.05, 4.69) is 36.5 Å². The molecule has 1 heterocycles. The Morgan fingerprint density at radius 1 is 1.04 bits per heavy atom. The minimum Gasteiger partial charge on any atom is -0.350 e. The summed E-state index contributed by atoms with van der Waals surface area (Å²) >= 11 is 0. The van der Waals surface area contributed by atoms with E-state index >= 15 is 0 Å². The van der Waals surface area contributed by atoms with E-state index in [0.717, 1.165) is 62.0 Å². The van der Waals surface area contributed by atoms with Crippen LogP contribution in [0.15, 0.2) is 24.3 Å². The van der Waals surface area contributed by atoms with E-state index in [4.69, 9.17) is 0 Å². The lowest BCUT2D eigenvalue weighted by molar-refractivity contribution is -0.160. The van der Waals surface area contributed by atoms with E-state index in [9.17, 15) is 9.59 Å². The molecule has 1 saturated heterocycles. The minimum atomic E-state index is -0.272. The minimum absolute atomic E-state index is 0.0242. The lowest BCUT2D eigenvalue weighted by atomic mass is 9.49. The predicted octanol–water partition coefficient (Wildman–Crippen LogP) is 3.82. The first kappa shape index (κ1) is 18.2. The Morgan fingerprint density at radius 2 is 1.64 bits per heavy atom. The third kappa shape index (κ3) is 3.15. The van der Waals surface area contributed by atoms with Gasteiger partial charge in [-0.15, -0.1) is 0 Å². The van der Waals surface area contributed by atoms with Gasteiger partial charge in [-0.1, -0.05) is 29.8 Å². The number of rotatable bonds is 4. The van der Waals surface area contributed by atoms with Gasteiger partial charge in [0.2, 0.25) is 11.8 Å². The fraction of sp³-hybridized carbons (Fsp3) is 0.667. The first-order valence-corrected chi connectivity index (χ1v) is 11.2. The van der Waals surface area contributed by atoms with Crippen molar-refractivity contribution < 1.29 is 9.59 Å². The van der Waals surface area contributed by atoms with E-state index in [0.29, 0.717) is 12.5 Å². The highest BCUT2D eigenvalue weighted by molar-refractivity contribution is 5.91. The fourth-order valence-electron chi connectivity index (χ4n) is 6.97. The molecule has 28 heavy (non-hydrogen) atoms. The highest BCUT2D eigenvalue weighted by Crippen LogP contribution is 2.60. The summed E-state index contributed by atoms with van der Waals surface area (Å²) in [7, 11) is 0. The van der Waals surface area contributed by atoms with Gasteiger partial charge in [-0.25, -0.2) is 0 Å². The number of benzene rings is 1. The van der Waals surface area contributed by atoms with Crippen molar-refractivity contribution in [2.24, 2.45) is 23.2 Å². The van der Waals surface area contributed by atoms with Gasteiger partial charge in [0.1, 0.15) is 6.04 Å². The third-order valence-corrected chi connectivity index (χ3v) is 7.90. The van der Waals surface area contributed by atoms with Crippen molar-refractivity contribution in [3.05, 3.63) is 35.4 Å². The van der Waals surface area contributed by atoms with Crippen molar-refractivity contribution in [3.8, 4) is 0 Å². The van der Waals surface area contributed by atoms with Crippen LogP contribution in [0, 0.1) is 30.1 Å². The molecule has 1 N–H and O–H groups in total. The average molecular weight is 381 g/mol. The lowest BCUT2D eigenvalue weighted by Crippen LogP contribution is -2.57. The maximum absolute atomic E-state index is 13.7. The van der Waals surface area contributed by atoms with E-state index in [-0.39, 0.29) is 17.4 Å². The van der Waals surface area contributed by atoms with Gasteiger partial charge in [-0.2, -0.15) is 0 Å². The van der Waals surface area contributed by atoms with Crippen LogP contribution < -0.4 is 5.32 Å². The van der Waals surface area contributed by atoms with Crippen molar-refractivity contribution in [2.45, 2.75) is 70.9 Å². The summed E-state index contributed by atoms with van der Waals surface area (Å²) in [5.74, 6) is 2.60. The molecule has 4 nitrogen and oxygen atoms in total. The van der Waals surface area contributed by atoms with Crippen LogP contribution in [0.5, 0.6) is 0 Å². The average Bonchev–Trinajstić information content (AvgIpc) is 3.15. The van der Waals surface area contributed by atoms with Crippen LogP contribution in [0.2, 0.25) is 0 Å². The van der Waals surface area contributed by atoms with Gasteiger partial charge in [-0.05, 0) is 81.6 Å². The molecular weight excluding hydrogens is 348 g/mol. The highest BCUT2D eigenvalue weighted by Gasteiger charge is 2.56. The Bertz CT molecular complexity index is 734. The van der Waals surface area contributed by atoms with Crippen molar-refractivity contribution in [1.82, 2.24) is 10.2 Å². The summed E-state index contributed by atoms with van der Waals surface area (Å²) in [6.07, 6.45) is 9.00. The van der Waals surface area contributed by atoms with Gasteiger partial charge in [0.25, 0.3) is 0 Å². The van der Waals surface area contributed by atoms with E-state index in [1.165, 1.54) is 24.8 Å². The number of hydrogen-bond acceptors (Lipinski definition) is 2. The molecule has 2 amide bonds. The monoisotopic (exact) mass is 380 g/mol. The number of carbonyl (C=O) groups is 2. The molecule has 6 rings (SSSR count). The Labute approximate surface area is 168 Å². The second-order valence-electron chi connectivity index (χ2n) is 10.1. The molecule has 1 aromatic rings. The first-order valence-electron chi connectivity index (χ1n) is 11.2. The molecule has 0 unspecified atom stereocenters. The molecule has 0 aromatic heterocycles. The molecule has 4 bridgehead atoms. The Hall–Kier alpha value is -1.84. The zero-order chi connectivity index (χ0) is 19.3. The summed E-state index contributed by atoms with van der Waals surface area (Å²) in [6.45, 7) is 3.35. The van der Waals surface area contributed by atoms with Crippen molar-refractivity contribution >= 4 is 11.8 Å². The third-order valence-electron chi connectivity index (χ3n) is 7.90. The van der Waals surface area contributed by atoms with Gasteiger partial charge in [0.05, 0.1) is 5.41 Å². The predicted molar refractivity (Wildman–Crippen MR) is 108 cm³/mol. The molecule has 1 atom stereocenters. The summed E-state index contributed by atoms with van der Waals surface area (Å²) in [5, 5.41) is 3.09. The van der Waals surface area contributed by atoms with Crippen molar-refractivity contribution in [1.29, 1.82) is 0 Å². The van der Waals surface area contributed by atoms with Crippen LogP contribution in [0.4, 0.5) is 0 Å². The highest BCUT2D eigenvalue weighted by atomic mass is 16.2. The zero-order valence-corrected chi connectivity index (χ0v) is 17.0. The molecule has 0 radical (unpaired) electrons. The SMILES string of the molecule is Cc1ccc(CNC(=O)[C@H]2CCCN2C(=O)C23CC4CC(CC(C4)C2)C3)cc1. The normalized spacial score (nSPS) is 36.0. The van der Waals surface area contributed by atoms with Gasteiger partial charge >= 0.3 is 0 Å².